The van der Waals surface area contributed by atoms with E-state index in [1.165, 1.54) is 24.1 Å². The first-order valence-electron chi connectivity index (χ1n) is 11.4. The number of hydrazine groups is 1. The fourth-order valence-electron chi connectivity index (χ4n) is 4.19. The van der Waals surface area contributed by atoms with Crippen LogP contribution in [0.25, 0.3) is 0 Å². The quantitative estimate of drug-likeness (QED) is 0.342. The van der Waals surface area contributed by atoms with Crippen molar-refractivity contribution in [2.24, 2.45) is 0 Å². The third-order valence-corrected chi connectivity index (χ3v) is 5.80. The Balaban J connectivity index is 1.80. The van der Waals surface area contributed by atoms with Gasteiger partial charge in [0.15, 0.2) is 0 Å². The summed E-state index contributed by atoms with van der Waals surface area (Å²) in [5.41, 5.74) is 0.569. The van der Waals surface area contributed by atoms with Crippen molar-refractivity contribution in [1.82, 2.24) is 20.7 Å². The Kier molecular flexibility index (Phi) is 8.35. The molecule has 0 aliphatic carbocycles. The minimum Gasteiger partial charge on any atom is -0.481 e. The average Bonchev–Trinajstić information content (AvgIpc) is 2.95. The summed E-state index contributed by atoms with van der Waals surface area (Å²) in [6.45, 7) is 1.52. The molecule has 2 aliphatic heterocycles. The van der Waals surface area contributed by atoms with Crippen LogP contribution in [0.3, 0.4) is 0 Å². The summed E-state index contributed by atoms with van der Waals surface area (Å²) in [6, 6.07) is 2.52. The molecule has 2 saturated heterocycles. The van der Waals surface area contributed by atoms with Crippen molar-refractivity contribution in [3.63, 3.8) is 0 Å². The van der Waals surface area contributed by atoms with Crippen LogP contribution in [-0.2, 0) is 28.8 Å². The van der Waals surface area contributed by atoms with Crippen LogP contribution in [0.15, 0.2) is 24.3 Å². The molecule has 2 fully saturated rings. The van der Waals surface area contributed by atoms with Gasteiger partial charge in [0.1, 0.15) is 18.4 Å². The molecule has 0 bridgehead atoms. The van der Waals surface area contributed by atoms with E-state index in [1.54, 1.807) is 12.1 Å². The second-order valence-electron chi connectivity index (χ2n) is 8.53. The predicted molar refractivity (Wildman–Crippen MR) is 123 cm³/mol. The first-order chi connectivity index (χ1) is 17.1. The molecular weight excluding hydrogens is 474 g/mol. The van der Waals surface area contributed by atoms with E-state index in [2.05, 4.69) is 16.0 Å². The molecule has 5 amide bonds. The van der Waals surface area contributed by atoms with Gasteiger partial charge in [0.05, 0.1) is 12.5 Å². The summed E-state index contributed by atoms with van der Waals surface area (Å²) in [4.78, 5) is 85.5. The van der Waals surface area contributed by atoms with E-state index < -0.39 is 54.1 Å². The molecule has 3 rings (SSSR count). The molecule has 1 aromatic rings. The van der Waals surface area contributed by atoms with E-state index in [9.17, 15) is 33.6 Å². The van der Waals surface area contributed by atoms with Gasteiger partial charge in [-0.3, -0.25) is 33.8 Å². The number of nitrogens with zero attached hydrogens (tertiary/aromatic N) is 2. The maximum atomic E-state index is 13.5. The van der Waals surface area contributed by atoms with Crippen LogP contribution in [0.1, 0.15) is 49.4 Å². The molecule has 2 heterocycles. The lowest BCUT2D eigenvalue weighted by molar-refractivity contribution is -0.176. The zero-order valence-electron chi connectivity index (χ0n) is 19.6. The highest BCUT2D eigenvalue weighted by Crippen LogP contribution is 2.25. The van der Waals surface area contributed by atoms with Gasteiger partial charge >= 0.3 is 5.97 Å². The standard InChI is InChI=1S/C23H27N5O8/c1-13(30)24-15-5-2-4-14(10-15)21(34)26-17-7-8-19(31)27-9-3-6-18(28(27)23(17)36)22(35)25-16(12-29)11-20(32)33/h2,4-5,10,12,16-18H,3,6-9,11H2,1H3,(H,24,30)(H,25,35)(H,26,34)(H,32,33). The lowest BCUT2D eigenvalue weighted by Gasteiger charge is -2.43. The number of hydrogen-bond acceptors (Lipinski definition) is 7. The number of hydrogen-bond donors (Lipinski definition) is 4. The van der Waals surface area contributed by atoms with E-state index in [0.717, 1.165) is 5.01 Å². The molecule has 13 heteroatoms. The fraction of sp³-hybridized carbons (Fsp3) is 0.435. The smallest absolute Gasteiger partial charge is 0.305 e. The molecule has 36 heavy (non-hydrogen) atoms. The average molecular weight is 501 g/mol. The van der Waals surface area contributed by atoms with Crippen LogP contribution in [0.5, 0.6) is 0 Å². The number of aldehydes is 1. The lowest BCUT2D eigenvalue weighted by atomic mass is 10.0. The normalized spacial score (nSPS) is 20.5. The number of benzene rings is 1. The van der Waals surface area contributed by atoms with Crippen molar-refractivity contribution in [2.45, 2.75) is 57.2 Å². The number of rotatable bonds is 8. The van der Waals surface area contributed by atoms with Gasteiger partial charge in [-0.1, -0.05) is 6.07 Å². The molecule has 0 radical (unpaired) electrons. The summed E-state index contributed by atoms with van der Waals surface area (Å²) in [7, 11) is 0. The molecule has 192 valence electrons. The molecule has 2 aliphatic rings. The Hall–Kier alpha value is -4.29. The molecule has 0 spiro atoms. The van der Waals surface area contributed by atoms with Crippen LogP contribution in [0.4, 0.5) is 5.69 Å². The third-order valence-electron chi connectivity index (χ3n) is 5.80. The molecule has 3 unspecified atom stereocenters. The Morgan fingerprint density at radius 2 is 1.94 bits per heavy atom. The Labute approximate surface area is 206 Å². The number of carbonyl (C=O) groups is 7. The zero-order chi connectivity index (χ0) is 26.4. The van der Waals surface area contributed by atoms with Gasteiger partial charge in [0, 0.05) is 31.1 Å². The molecule has 0 saturated carbocycles. The van der Waals surface area contributed by atoms with E-state index in [1.807, 2.05) is 0 Å². The topological polar surface area (TPSA) is 182 Å². The number of nitrogens with one attached hydrogen (secondary N) is 3. The maximum absolute atomic E-state index is 13.5. The zero-order valence-corrected chi connectivity index (χ0v) is 19.6. The Morgan fingerprint density at radius 1 is 1.19 bits per heavy atom. The van der Waals surface area contributed by atoms with E-state index >= 15 is 0 Å². The fourth-order valence-corrected chi connectivity index (χ4v) is 4.19. The van der Waals surface area contributed by atoms with Crippen LogP contribution in [-0.4, -0.2) is 81.6 Å². The summed E-state index contributed by atoms with van der Waals surface area (Å²) in [6.07, 6.45) is 0.204. The minimum absolute atomic E-state index is 0.00606. The van der Waals surface area contributed by atoms with Crippen LogP contribution in [0.2, 0.25) is 0 Å². The summed E-state index contributed by atoms with van der Waals surface area (Å²) in [5, 5.41) is 18.6. The lowest BCUT2D eigenvalue weighted by Crippen LogP contribution is -2.64. The minimum atomic E-state index is -1.30. The van der Waals surface area contributed by atoms with Crippen molar-refractivity contribution in [2.75, 3.05) is 11.9 Å². The molecule has 1 aromatic carbocycles. The van der Waals surface area contributed by atoms with Gasteiger partial charge in [0.2, 0.25) is 17.7 Å². The van der Waals surface area contributed by atoms with Gasteiger partial charge in [-0.2, -0.15) is 0 Å². The van der Waals surface area contributed by atoms with Crippen molar-refractivity contribution in [3.8, 4) is 0 Å². The first-order valence-corrected chi connectivity index (χ1v) is 11.4. The summed E-state index contributed by atoms with van der Waals surface area (Å²) in [5.74, 6) is -4.06. The van der Waals surface area contributed by atoms with Crippen LogP contribution in [0, 0.1) is 0 Å². The largest absolute Gasteiger partial charge is 0.481 e. The maximum Gasteiger partial charge on any atom is 0.305 e. The third kappa shape index (κ3) is 6.23. The van der Waals surface area contributed by atoms with Gasteiger partial charge < -0.3 is 25.9 Å². The van der Waals surface area contributed by atoms with Crippen LogP contribution >= 0.6 is 0 Å². The molecule has 3 atom stereocenters. The SMILES string of the molecule is CC(=O)Nc1cccc(C(=O)NC2CCC(=O)N3CCCC(C(=O)NC(C=O)CC(=O)O)N3C2=O)c1. The highest BCUT2D eigenvalue weighted by molar-refractivity contribution is 6.01. The first kappa shape index (κ1) is 26.3. The van der Waals surface area contributed by atoms with Crippen molar-refractivity contribution < 1.29 is 38.7 Å². The second kappa shape index (κ2) is 11.4. The Bertz CT molecular complexity index is 1090. The highest BCUT2D eigenvalue weighted by atomic mass is 16.4. The molecule has 13 nitrogen and oxygen atoms in total. The highest BCUT2D eigenvalue weighted by Gasteiger charge is 2.45. The monoisotopic (exact) mass is 501 g/mol. The van der Waals surface area contributed by atoms with E-state index in [-0.39, 0.29) is 37.3 Å². The molecular formula is C23H27N5O8. The van der Waals surface area contributed by atoms with Crippen LogP contribution < -0.4 is 16.0 Å². The number of carbonyl (C=O) groups excluding carboxylic acids is 6. The van der Waals surface area contributed by atoms with Gasteiger partial charge in [0.25, 0.3) is 11.8 Å². The summed E-state index contributed by atoms with van der Waals surface area (Å²) >= 11 is 0. The number of carboxylic acids is 1. The summed E-state index contributed by atoms with van der Waals surface area (Å²) < 4.78 is 0. The van der Waals surface area contributed by atoms with E-state index in [4.69, 9.17) is 5.11 Å². The number of anilines is 1. The van der Waals surface area contributed by atoms with Crippen molar-refractivity contribution >= 4 is 47.5 Å². The van der Waals surface area contributed by atoms with Gasteiger partial charge in [-0.25, -0.2) is 5.01 Å². The Morgan fingerprint density at radius 3 is 2.61 bits per heavy atom. The van der Waals surface area contributed by atoms with Crippen molar-refractivity contribution in [3.05, 3.63) is 29.8 Å². The number of amides is 5. The molecule has 4 N–H and O–H groups in total. The van der Waals surface area contributed by atoms with Gasteiger partial charge in [-0.15, -0.1) is 0 Å². The number of aliphatic carboxylic acids is 1. The van der Waals surface area contributed by atoms with E-state index in [0.29, 0.717) is 18.4 Å². The predicted octanol–water partition coefficient (Wildman–Crippen LogP) is -0.570. The molecule has 0 aromatic heterocycles. The second-order valence-corrected chi connectivity index (χ2v) is 8.53. The number of carboxylic acid groups (broad SMARTS) is 1. The van der Waals surface area contributed by atoms with Gasteiger partial charge in [-0.05, 0) is 37.5 Å². The van der Waals surface area contributed by atoms with Crippen molar-refractivity contribution in [1.29, 1.82) is 0 Å². The number of fused-ring (bicyclic) bond motifs is 1.